The number of aromatic nitrogens is 5. The van der Waals surface area contributed by atoms with Crippen LogP contribution in [0.15, 0.2) is 65.7 Å². The summed E-state index contributed by atoms with van der Waals surface area (Å²) in [6, 6.07) is 13.3. The van der Waals surface area contributed by atoms with E-state index in [2.05, 4.69) is 15.3 Å². The monoisotopic (exact) mass is 639 g/mol. The standard InChI is InChI=1S/C27H19Cl2F4N5O3S/c1-14-35-25(27(31,32)33)26(29)37(14)22-8-3-15(16-10-21(30)20(13-39)24(11-16)42(2,40)41)9-19(22)23-12-34-36-38(23)18-6-4-17(28)5-7-18/h3-12,39H,13H2,1-2H3. The molecule has 0 aliphatic rings. The van der Waals surface area contributed by atoms with Crippen LogP contribution in [0.4, 0.5) is 17.6 Å². The molecule has 0 saturated heterocycles. The Bertz CT molecular complexity index is 1940. The van der Waals surface area contributed by atoms with Crippen molar-refractivity contribution < 1.29 is 31.1 Å². The maximum absolute atomic E-state index is 15.0. The fourth-order valence-electron chi connectivity index (χ4n) is 4.54. The SMILES string of the molecule is Cc1nc(C(F)(F)F)c(Cl)n1-c1ccc(-c2cc(F)c(CO)c(S(C)(=O)=O)c2)cc1-c1cnnn1-c1ccc(Cl)cc1. The van der Waals surface area contributed by atoms with E-state index in [4.69, 9.17) is 23.2 Å². The number of benzene rings is 3. The van der Waals surface area contributed by atoms with Crippen LogP contribution in [0.5, 0.6) is 0 Å². The summed E-state index contributed by atoms with van der Waals surface area (Å²) in [5.74, 6) is -1.01. The predicted octanol–water partition coefficient (Wildman–Crippen LogP) is 6.46. The van der Waals surface area contributed by atoms with Gasteiger partial charge in [0.1, 0.15) is 16.8 Å². The van der Waals surface area contributed by atoms with E-state index in [1.165, 1.54) is 42.1 Å². The summed E-state index contributed by atoms with van der Waals surface area (Å²) in [5, 5.41) is 17.5. The molecule has 0 aliphatic carbocycles. The van der Waals surface area contributed by atoms with Crippen LogP contribution in [-0.4, -0.2) is 44.3 Å². The van der Waals surface area contributed by atoms with Crippen LogP contribution in [-0.2, 0) is 22.6 Å². The number of aliphatic hydroxyl groups is 1. The van der Waals surface area contributed by atoms with E-state index in [9.17, 15) is 31.1 Å². The van der Waals surface area contributed by atoms with E-state index in [-0.39, 0.29) is 28.2 Å². The van der Waals surface area contributed by atoms with E-state index in [1.54, 1.807) is 24.3 Å². The number of aliphatic hydroxyl groups excluding tert-OH is 1. The van der Waals surface area contributed by atoms with Crippen molar-refractivity contribution >= 4 is 33.0 Å². The lowest BCUT2D eigenvalue weighted by molar-refractivity contribution is -0.140. The molecule has 8 nitrogen and oxygen atoms in total. The van der Waals surface area contributed by atoms with Crippen molar-refractivity contribution in [2.45, 2.75) is 24.6 Å². The zero-order valence-corrected chi connectivity index (χ0v) is 24.0. The molecule has 1 N–H and O–H groups in total. The summed E-state index contributed by atoms with van der Waals surface area (Å²) in [6.45, 7) is 0.513. The summed E-state index contributed by atoms with van der Waals surface area (Å²) in [7, 11) is -3.94. The summed E-state index contributed by atoms with van der Waals surface area (Å²) < 4.78 is 83.3. The van der Waals surface area contributed by atoms with E-state index < -0.39 is 44.2 Å². The second-order valence-corrected chi connectivity index (χ2v) is 12.0. The van der Waals surface area contributed by atoms with E-state index >= 15 is 0 Å². The van der Waals surface area contributed by atoms with Gasteiger partial charge in [-0.15, -0.1) is 5.10 Å². The molecular weight excluding hydrogens is 621 g/mol. The summed E-state index contributed by atoms with van der Waals surface area (Å²) in [6.07, 6.45) is -2.56. The number of halogens is 6. The normalized spacial score (nSPS) is 12.2. The molecular formula is C27H19Cl2F4N5O3S. The van der Waals surface area contributed by atoms with Crippen LogP contribution in [0.2, 0.25) is 10.2 Å². The minimum Gasteiger partial charge on any atom is -0.392 e. The number of aryl methyl sites for hydroxylation is 1. The Morgan fingerprint density at radius 2 is 1.69 bits per heavy atom. The van der Waals surface area contributed by atoms with Crippen LogP contribution in [0.25, 0.3) is 33.8 Å². The van der Waals surface area contributed by atoms with Crippen molar-refractivity contribution in [2.24, 2.45) is 0 Å². The van der Waals surface area contributed by atoms with Crippen LogP contribution in [0.3, 0.4) is 0 Å². The van der Waals surface area contributed by atoms with Gasteiger partial charge < -0.3 is 5.11 Å². The van der Waals surface area contributed by atoms with Gasteiger partial charge in [-0.1, -0.05) is 34.5 Å². The zero-order chi connectivity index (χ0) is 30.6. The number of sulfone groups is 1. The van der Waals surface area contributed by atoms with Crippen LogP contribution in [0, 0.1) is 12.7 Å². The number of rotatable bonds is 6. The Labute approximate surface area is 246 Å². The minimum absolute atomic E-state index is 0.0652. The number of hydrogen-bond acceptors (Lipinski definition) is 6. The third kappa shape index (κ3) is 5.40. The third-order valence-electron chi connectivity index (χ3n) is 6.44. The van der Waals surface area contributed by atoms with Crippen LogP contribution in [0.1, 0.15) is 17.1 Å². The molecule has 0 saturated carbocycles. The molecule has 0 radical (unpaired) electrons. The van der Waals surface area contributed by atoms with E-state index in [0.29, 0.717) is 22.0 Å². The summed E-state index contributed by atoms with van der Waals surface area (Å²) in [4.78, 5) is 3.23. The van der Waals surface area contributed by atoms with Gasteiger partial charge in [-0.2, -0.15) is 13.2 Å². The van der Waals surface area contributed by atoms with Gasteiger partial charge in [-0.3, -0.25) is 4.57 Å². The highest BCUT2D eigenvalue weighted by Crippen LogP contribution is 2.40. The van der Waals surface area contributed by atoms with Crippen molar-refractivity contribution in [3.05, 3.63) is 93.9 Å². The van der Waals surface area contributed by atoms with Crippen LogP contribution < -0.4 is 0 Å². The first-order chi connectivity index (χ1) is 19.7. The smallest absolute Gasteiger partial charge is 0.392 e. The van der Waals surface area contributed by atoms with Crippen molar-refractivity contribution in [3.8, 4) is 33.8 Å². The molecule has 2 heterocycles. The van der Waals surface area contributed by atoms with E-state index in [0.717, 1.165) is 16.9 Å². The lowest BCUT2D eigenvalue weighted by Gasteiger charge is -2.17. The van der Waals surface area contributed by atoms with E-state index in [1.807, 2.05) is 0 Å². The molecule has 0 amide bonds. The zero-order valence-electron chi connectivity index (χ0n) is 21.7. The second kappa shape index (κ2) is 10.8. The molecule has 0 unspecified atom stereocenters. The minimum atomic E-state index is -4.83. The van der Waals surface area contributed by atoms with Gasteiger partial charge in [0.15, 0.2) is 15.5 Å². The maximum atomic E-state index is 15.0. The highest BCUT2D eigenvalue weighted by atomic mass is 35.5. The van der Waals surface area contributed by atoms with Crippen molar-refractivity contribution in [1.29, 1.82) is 0 Å². The molecule has 0 fully saturated rings. The van der Waals surface area contributed by atoms with Gasteiger partial charge >= 0.3 is 6.18 Å². The van der Waals surface area contributed by atoms with Gasteiger partial charge in [0.05, 0.1) is 34.8 Å². The molecule has 0 bridgehead atoms. The Hall–Kier alpha value is -3.78. The average molecular weight is 640 g/mol. The Balaban J connectivity index is 1.81. The topological polar surface area (TPSA) is 103 Å². The molecule has 5 aromatic rings. The average Bonchev–Trinajstić information content (AvgIpc) is 3.52. The summed E-state index contributed by atoms with van der Waals surface area (Å²) >= 11 is 12.3. The fourth-order valence-corrected chi connectivity index (χ4v) is 5.98. The van der Waals surface area contributed by atoms with Crippen molar-refractivity contribution in [2.75, 3.05) is 6.26 Å². The first kappa shape index (κ1) is 29.7. The Morgan fingerprint density at radius 3 is 2.29 bits per heavy atom. The lowest BCUT2D eigenvalue weighted by atomic mass is 9.98. The molecule has 0 atom stereocenters. The molecule has 42 heavy (non-hydrogen) atoms. The van der Waals surface area contributed by atoms with Crippen LogP contribution >= 0.6 is 23.2 Å². The first-order valence-electron chi connectivity index (χ1n) is 12.0. The molecule has 15 heteroatoms. The highest BCUT2D eigenvalue weighted by Gasteiger charge is 2.38. The lowest BCUT2D eigenvalue weighted by Crippen LogP contribution is -2.07. The van der Waals surface area contributed by atoms with Crippen molar-refractivity contribution in [1.82, 2.24) is 24.5 Å². The highest BCUT2D eigenvalue weighted by molar-refractivity contribution is 7.90. The molecule has 3 aromatic carbocycles. The molecule has 0 spiro atoms. The quantitative estimate of drug-likeness (QED) is 0.214. The first-order valence-corrected chi connectivity index (χ1v) is 14.6. The number of hydrogen-bond donors (Lipinski definition) is 1. The predicted molar refractivity (Wildman–Crippen MR) is 148 cm³/mol. The van der Waals surface area contributed by atoms with Gasteiger partial charge in [-0.25, -0.2) is 22.5 Å². The Kier molecular flexibility index (Phi) is 7.64. The molecule has 5 rings (SSSR count). The number of nitrogens with zero attached hydrogens (tertiary/aromatic N) is 5. The Morgan fingerprint density at radius 1 is 1.00 bits per heavy atom. The molecule has 2 aromatic heterocycles. The maximum Gasteiger partial charge on any atom is 0.436 e. The summed E-state index contributed by atoms with van der Waals surface area (Å²) in [5.41, 5.74) is 0.0227. The van der Waals surface area contributed by atoms with Gasteiger partial charge in [0.25, 0.3) is 0 Å². The van der Waals surface area contributed by atoms with Crippen molar-refractivity contribution in [3.63, 3.8) is 0 Å². The molecule has 218 valence electrons. The molecule has 0 aliphatic heterocycles. The van der Waals surface area contributed by atoms with Gasteiger partial charge in [0.2, 0.25) is 0 Å². The fraction of sp³-hybridized carbons (Fsp3) is 0.148. The largest absolute Gasteiger partial charge is 0.436 e. The van der Waals surface area contributed by atoms with Gasteiger partial charge in [-0.05, 0) is 66.6 Å². The second-order valence-electron chi connectivity index (χ2n) is 9.24. The third-order valence-corrected chi connectivity index (χ3v) is 8.20. The number of alkyl halides is 3. The number of imidazole rings is 1. The van der Waals surface area contributed by atoms with Gasteiger partial charge in [0, 0.05) is 22.4 Å².